The summed E-state index contributed by atoms with van der Waals surface area (Å²) in [6, 6.07) is 0. The van der Waals surface area contributed by atoms with Gasteiger partial charge in [0.15, 0.2) is 5.82 Å². The average Bonchev–Trinajstić information content (AvgIpc) is 2.44. The molecule has 0 saturated heterocycles. The summed E-state index contributed by atoms with van der Waals surface area (Å²) in [7, 11) is 1.74. The van der Waals surface area contributed by atoms with Crippen molar-refractivity contribution >= 4 is 0 Å². The van der Waals surface area contributed by atoms with E-state index in [-0.39, 0.29) is 11.5 Å². The summed E-state index contributed by atoms with van der Waals surface area (Å²) >= 11 is 0. The van der Waals surface area contributed by atoms with Crippen molar-refractivity contribution in [1.82, 2.24) is 15.3 Å². The molecule has 1 aromatic rings. The molecule has 1 N–H and O–H groups in total. The number of nitrogens with one attached hydrogen (secondary N) is 1. The van der Waals surface area contributed by atoms with E-state index >= 15 is 0 Å². The minimum atomic E-state index is -0.0534. The van der Waals surface area contributed by atoms with Crippen LogP contribution in [0.4, 0.5) is 0 Å². The van der Waals surface area contributed by atoms with Crippen molar-refractivity contribution in [2.75, 3.05) is 20.2 Å². The molecule has 0 radical (unpaired) electrons. The zero-order valence-corrected chi connectivity index (χ0v) is 14.1. The summed E-state index contributed by atoms with van der Waals surface area (Å²) in [5, 5.41) is 3.45. The number of ether oxygens (including phenoxy) is 1. The van der Waals surface area contributed by atoms with Crippen molar-refractivity contribution in [3.8, 4) is 0 Å². The van der Waals surface area contributed by atoms with Gasteiger partial charge in [0.1, 0.15) is 6.10 Å². The second-order valence-corrected chi connectivity index (χ2v) is 7.10. The molecule has 2 rings (SSSR count). The van der Waals surface area contributed by atoms with E-state index in [1.165, 1.54) is 17.7 Å². The molecule has 0 aromatic carbocycles. The molecule has 0 saturated carbocycles. The molecule has 4 nitrogen and oxygen atoms in total. The Kier molecular flexibility index (Phi) is 5.33. The van der Waals surface area contributed by atoms with Crippen LogP contribution in [0, 0.1) is 11.3 Å². The summed E-state index contributed by atoms with van der Waals surface area (Å²) in [4.78, 5) is 9.40. The number of hydrogen-bond donors (Lipinski definition) is 1. The van der Waals surface area contributed by atoms with Gasteiger partial charge in [-0.1, -0.05) is 27.7 Å². The van der Waals surface area contributed by atoms with Crippen LogP contribution in [0.1, 0.15) is 57.3 Å². The molecule has 0 aliphatic heterocycles. The van der Waals surface area contributed by atoms with E-state index < -0.39 is 0 Å². The zero-order chi connectivity index (χ0) is 15.5. The van der Waals surface area contributed by atoms with Gasteiger partial charge in [-0.05, 0) is 49.2 Å². The Morgan fingerprint density at radius 1 is 1.43 bits per heavy atom. The molecule has 1 aliphatic rings. The molecule has 1 aromatic heterocycles. The van der Waals surface area contributed by atoms with Crippen molar-refractivity contribution in [1.29, 1.82) is 0 Å². The third-order valence-electron chi connectivity index (χ3n) is 4.21. The maximum absolute atomic E-state index is 5.63. The molecule has 21 heavy (non-hydrogen) atoms. The SMILES string of the molecule is CCNCC1CCc2nc(C(OC)C(C)(C)C)ncc2C1. The fourth-order valence-electron chi connectivity index (χ4n) is 3.09. The van der Waals surface area contributed by atoms with E-state index in [4.69, 9.17) is 9.72 Å². The van der Waals surface area contributed by atoms with E-state index in [2.05, 4.69) is 38.0 Å². The fraction of sp³-hybridized carbons (Fsp3) is 0.765. The Morgan fingerprint density at radius 3 is 2.81 bits per heavy atom. The number of hydrogen-bond acceptors (Lipinski definition) is 4. The largest absolute Gasteiger partial charge is 0.373 e. The van der Waals surface area contributed by atoms with Crippen LogP contribution in [-0.4, -0.2) is 30.2 Å². The molecule has 2 unspecified atom stereocenters. The van der Waals surface area contributed by atoms with Crippen molar-refractivity contribution in [2.45, 2.75) is 53.1 Å². The Labute approximate surface area is 128 Å². The van der Waals surface area contributed by atoms with Gasteiger partial charge >= 0.3 is 0 Å². The van der Waals surface area contributed by atoms with Gasteiger partial charge in [0.2, 0.25) is 0 Å². The van der Waals surface area contributed by atoms with Crippen LogP contribution in [0.3, 0.4) is 0 Å². The van der Waals surface area contributed by atoms with Crippen molar-refractivity contribution in [3.63, 3.8) is 0 Å². The van der Waals surface area contributed by atoms with Gasteiger partial charge in [-0.2, -0.15) is 0 Å². The van der Waals surface area contributed by atoms with Crippen molar-refractivity contribution in [2.24, 2.45) is 11.3 Å². The molecule has 0 spiro atoms. The van der Waals surface area contributed by atoms with E-state index in [0.717, 1.165) is 31.8 Å². The maximum Gasteiger partial charge on any atom is 0.157 e. The predicted molar refractivity (Wildman–Crippen MR) is 85.3 cm³/mol. The highest BCUT2D eigenvalue weighted by Gasteiger charge is 2.30. The molecule has 118 valence electrons. The molecular formula is C17H29N3O. The van der Waals surface area contributed by atoms with Crippen LogP contribution >= 0.6 is 0 Å². The lowest BCUT2D eigenvalue weighted by molar-refractivity contribution is 0.00840. The van der Waals surface area contributed by atoms with E-state index in [0.29, 0.717) is 5.92 Å². The first-order chi connectivity index (χ1) is 9.95. The molecule has 0 amide bonds. The van der Waals surface area contributed by atoms with Gasteiger partial charge in [-0.3, -0.25) is 0 Å². The molecule has 1 heterocycles. The molecule has 0 bridgehead atoms. The molecule has 2 atom stereocenters. The topological polar surface area (TPSA) is 47.0 Å². The Balaban J connectivity index is 2.14. The highest BCUT2D eigenvalue weighted by molar-refractivity contribution is 5.22. The van der Waals surface area contributed by atoms with Gasteiger partial charge in [-0.15, -0.1) is 0 Å². The standard InChI is InChI=1S/C17H29N3O/c1-6-18-10-12-7-8-14-13(9-12)11-19-16(20-14)15(21-5)17(2,3)4/h11-12,15,18H,6-10H2,1-5H3. The van der Waals surface area contributed by atoms with E-state index in [9.17, 15) is 0 Å². The number of aromatic nitrogens is 2. The van der Waals surface area contributed by atoms with Gasteiger partial charge in [-0.25, -0.2) is 9.97 Å². The molecule has 0 fully saturated rings. The Hall–Kier alpha value is -1.00. The predicted octanol–water partition coefficient (Wildman–Crippen LogP) is 2.92. The zero-order valence-electron chi connectivity index (χ0n) is 14.1. The summed E-state index contributed by atoms with van der Waals surface area (Å²) in [5.74, 6) is 1.54. The average molecular weight is 291 g/mol. The second kappa shape index (κ2) is 6.84. The fourth-order valence-corrected chi connectivity index (χ4v) is 3.09. The number of nitrogens with zero attached hydrogens (tertiary/aromatic N) is 2. The highest BCUT2D eigenvalue weighted by atomic mass is 16.5. The van der Waals surface area contributed by atoms with Crippen LogP contribution in [0.5, 0.6) is 0 Å². The minimum Gasteiger partial charge on any atom is -0.373 e. The monoisotopic (exact) mass is 291 g/mol. The summed E-state index contributed by atoms with van der Waals surface area (Å²) < 4.78 is 5.63. The second-order valence-electron chi connectivity index (χ2n) is 7.10. The van der Waals surface area contributed by atoms with Crippen LogP contribution in [0.25, 0.3) is 0 Å². The van der Waals surface area contributed by atoms with E-state index in [1.807, 2.05) is 6.20 Å². The normalized spacial score (nSPS) is 20.1. The maximum atomic E-state index is 5.63. The number of methoxy groups -OCH3 is 1. The summed E-state index contributed by atoms with van der Waals surface area (Å²) in [5.41, 5.74) is 2.54. The first-order valence-corrected chi connectivity index (χ1v) is 8.04. The van der Waals surface area contributed by atoms with Crippen molar-refractivity contribution in [3.05, 3.63) is 23.3 Å². The van der Waals surface area contributed by atoms with Gasteiger partial charge in [0.25, 0.3) is 0 Å². The Bertz CT molecular complexity index is 468. The van der Waals surface area contributed by atoms with Crippen LogP contribution < -0.4 is 5.32 Å². The summed E-state index contributed by atoms with van der Waals surface area (Å²) in [6.45, 7) is 10.8. The third-order valence-corrected chi connectivity index (χ3v) is 4.21. The third kappa shape index (κ3) is 4.01. The Morgan fingerprint density at radius 2 is 2.19 bits per heavy atom. The lowest BCUT2D eigenvalue weighted by Crippen LogP contribution is -2.29. The minimum absolute atomic E-state index is 0.00519. The quantitative estimate of drug-likeness (QED) is 0.906. The van der Waals surface area contributed by atoms with Gasteiger partial charge in [0.05, 0.1) is 0 Å². The first kappa shape index (κ1) is 16.4. The lowest BCUT2D eigenvalue weighted by Gasteiger charge is -2.29. The number of fused-ring (bicyclic) bond motifs is 1. The summed E-state index contributed by atoms with van der Waals surface area (Å²) in [6.07, 6.45) is 5.33. The highest BCUT2D eigenvalue weighted by Crippen LogP contribution is 2.34. The first-order valence-electron chi connectivity index (χ1n) is 8.04. The van der Waals surface area contributed by atoms with Gasteiger partial charge in [0, 0.05) is 19.0 Å². The molecular weight excluding hydrogens is 262 g/mol. The molecule has 1 aliphatic carbocycles. The van der Waals surface area contributed by atoms with Crippen LogP contribution in [-0.2, 0) is 17.6 Å². The van der Waals surface area contributed by atoms with Gasteiger partial charge < -0.3 is 10.1 Å². The van der Waals surface area contributed by atoms with E-state index in [1.54, 1.807) is 7.11 Å². The number of aryl methyl sites for hydroxylation is 1. The van der Waals surface area contributed by atoms with Crippen molar-refractivity contribution < 1.29 is 4.74 Å². The van der Waals surface area contributed by atoms with Crippen LogP contribution in [0.15, 0.2) is 6.20 Å². The smallest absolute Gasteiger partial charge is 0.157 e. The van der Waals surface area contributed by atoms with Crippen LogP contribution in [0.2, 0.25) is 0 Å². The molecule has 4 heteroatoms. The lowest BCUT2D eigenvalue weighted by atomic mass is 9.86. The number of rotatable bonds is 5.